The minimum absolute atomic E-state index is 0.243. The van der Waals surface area contributed by atoms with Gasteiger partial charge in [-0.1, -0.05) is 6.07 Å². The maximum absolute atomic E-state index is 5.76. The van der Waals surface area contributed by atoms with Crippen molar-refractivity contribution in [3.05, 3.63) is 23.9 Å². The Labute approximate surface area is 122 Å². The first-order valence-electron chi connectivity index (χ1n) is 6.73. The average molecular weight is 278 g/mol. The summed E-state index contributed by atoms with van der Waals surface area (Å²) in [6, 6.07) is 5.78. The highest BCUT2D eigenvalue weighted by Gasteiger charge is 2.12. The van der Waals surface area contributed by atoms with E-state index < -0.39 is 0 Å². The van der Waals surface area contributed by atoms with Gasteiger partial charge in [-0.15, -0.1) is 0 Å². The highest BCUT2D eigenvalue weighted by Crippen LogP contribution is 2.15. The molecule has 0 bridgehead atoms. The van der Waals surface area contributed by atoms with Crippen molar-refractivity contribution in [3.8, 4) is 5.88 Å². The van der Waals surface area contributed by atoms with Crippen LogP contribution in [0.5, 0.6) is 5.88 Å². The minimum Gasteiger partial charge on any atom is -0.472 e. The molecule has 0 unspecified atom stereocenters. The number of aliphatic imine (C=N–C) groups is 1. The van der Waals surface area contributed by atoms with Crippen LogP contribution in [-0.4, -0.2) is 54.5 Å². The fraction of sp³-hybridized carbons (Fsp3) is 0.600. The normalized spacial score (nSPS) is 10.9. The van der Waals surface area contributed by atoms with Gasteiger partial charge in [0, 0.05) is 34.3 Å². The van der Waals surface area contributed by atoms with Crippen LogP contribution in [0.1, 0.15) is 26.5 Å². The summed E-state index contributed by atoms with van der Waals surface area (Å²) in [5.41, 5.74) is 0.654. The van der Waals surface area contributed by atoms with Gasteiger partial charge >= 0.3 is 0 Å². The molecule has 0 amide bonds. The van der Waals surface area contributed by atoms with Gasteiger partial charge in [0.05, 0.1) is 12.2 Å². The Kier molecular flexibility index (Phi) is 5.36. The van der Waals surface area contributed by atoms with E-state index in [0.717, 1.165) is 11.7 Å². The molecule has 0 spiro atoms. The summed E-state index contributed by atoms with van der Waals surface area (Å²) in [4.78, 5) is 13.0. The van der Waals surface area contributed by atoms with Gasteiger partial charge in [0.2, 0.25) is 5.88 Å². The summed E-state index contributed by atoms with van der Waals surface area (Å²) in [5, 5.41) is 0. The van der Waals surface area contributed by atoms with Crippen molar-refractivity contribution in [2.45, 2.75) is 32.9 Å². The van der Waals surface area contributed by atoms with E-state index in [1.807, 2.05) is 77.0 Å². The van der Waals surface area contributed by atoms with Gasteiger partial charge in [-0.2, -0.15) is 0 Å². The maximum atomic E-state index is 5.76. The molecule has 5 nitrogen and oxygen atoms in total. The molecule has 1 aromatic heterocycles. The number of aromatic nitrogens is 1. The van der Waals surface area contributed by atoms with Gasteiger partial charge in [-0.25, -0.2) is 9.98 Å². The van der Waals surface area contributed by atoms with E-state index in [4.69, 9.17) is 4.74 Å². The second kappa shape index (κ2) is 6.59. The lowest BCUT2D eigenvalue weighted by molar-refractivity contribution is 0.124. The molecule has 1 heterocycles. The first kappa shape index (κ1) is 16.3. The monoisotopic (exact) mass is 278 g/mol. The van der Waals surface area contributed by atoms with E-state index in [-0.39, 0.29) is 5.60 Å². The Hall–Kier alpha value is -1.78. The van der Waals surface area contributed by atoms with E-state index in [0.29, 0.717) is 12.4 Å². The number of guanidine groups is 1. The van der Waals surface area contributed by atoms with Crippen molar-refractivity contribution in [3.63, 3.8) is 0 Å². The molecule has 1 aromatic rings. The van der Waals surface area contributed by atoms with Gasteiger partial charge in [0.25, 0.3) is 0 Å². The van der Waals surface area contributed by atoms with Crippen molar-refractivity contribution in [1.29, 1.82) is 0 Å². The van der Waals surface area contributed by atoms with E-state index >= 15 is 0 Å². The van der Waals surface area contributed by atoms with Crippen LogP contribution in [0.4, 0.5) is 0 Å². The third kappa shape index (κ3) is 5.47. The molecule has 0 radical (unpaired) electrons. The molecule has 0 saturated carbocycles. The van der Waals surface area contributed by atoms with Crippen LogP contribution in [-0.2, 0) is 6.54 Å². The SMILES string of the molecule is CN(C)C(=NCc1cccc(OC(C)(C)C)n1)N(C)C. The molecule has 20 heavy (non-hydrogen) atoms. The van der Waals surface area contributed by atoms with Gasteiger partial charge in [0.1, 0.15) is 5.60 Å². The Balaban J connectivity index is 2.83. The number of hydrogen-bond acceptors (Lipinski definition) is 3. The van der Waals surface area contributed by atoms with Crippen LogP contribution >= 0.6 is 0 Å². The van der Waals surface area contributed by atoms with Crippen molar-refractivity contribution < 1.29 is 4.74 Å². The largest absolute Gasteiger partial charge is 0.472 e. The molecule has 0 atom stereocenters. The molecule has 0 N–H and O–H groups in total. The van der Waals surface area contributed by atoms with Crippen molar-refractivity contribution in [2.75, 3.05) is 28.2 Å². The second-order valence-electron chi connectivity index (χ2n) is 6.09. The van der Waals surface area contributed by atoms with Crippen LogP contribution in [0.25, 0.3) is 0 Å². The predicted molar refractivity (Wildman–Crippen MR) is 83.1 cm³/mol. The van der Waals surface area contributed by atoms with E-state index in [2.05, 4.69) is 9.98 Å². The number of ether oxygens (including phenoxy) is 1. The molecule has 0 fully saturated rings. The zero-order valence-electron chi connectivity index (χ0n) is 13.6. The standard InChI is InChI=1S/C15H26N4O/c1-15(2,3)20-13-10-8-9-12(17-13)11-16-14(18(4)5)19(6)7/h8-10H,11H2,1-7H3. The Morgan fingerprint density at radius 2 is 1.75 bits per heavy atom. The minimum atomic E-state index is -0.243. The first-order chi connectivity index (χ1) is 9.19. The summed E-state index contributed by atoms with van der Waals surface area (Å²) < 4.78 is 5.76. The lowest BCUT2D eigenvalue weighted by Gasteiger charge is -2.22. The molecule has 0 aliphatic carbocycles. The average Bonchev–Trinajstić information content (AvgIpc) is 2.26. The molecule has 112 valence electrons. The number of pyridine rings is 1. The number of nitrogens with zero attached hydrogens (tertiary/aromatic N) is 4. The Bertz CT molecular complexity index is 451. The number of hydrogen-bond donors (Lipinski definition) is 0. The predicted octanol–water partition coefficient (Wildman–Crippen LogP) is 2.24. The summed E-state index contributed by atoms with van der Waals surface area (Å²) in [6.07, 6.45) is 0. The zero-order chi connectivity index (χ0) is 15.3. The maximum Gasteiger partial charge on any atom is 0.214 e. The second-order valence-corrected chi connectivity index (χ2v) is 6.09. The van der Waals surface area contributed by atoms with Gasteiger partial charge in [-0.05, 0) is 26.8 Å². The van der Waals surface area contributed by atoms with E-state index in [1.165, 1.54) is 0 Å². The molecule has 0 aromatic carbocycles. The lowest BCUT2D eigenvalue weighted by Crippen LogP contribution is -2.35. The summed E-state index contributed by atoms with van der Waals surface area (Å²) in [6.45, 7) is 6.56. The smallest absolute Gasteiger partial charge is 0.214 e. The molecular formula is C15H26N4O. The molecule has 1 rings (SSSR count). The third-order valence-electron chi connectivity index (χ3n) is 2.37. The molecule has 0 aliphatic rings. The molecular weight excluding hydrogens is 252 g/mol. The summed E-state index contributed by atoms with van der Waals surface area (Å²) in [5.74, 6) is 1.55. The Morgan fingerprint density at radius 1 is 1.15 bits per heavy atom. The van der Waals surface area contributed by atoms with Crippen LogP contribution < -0.4 is 4.74 Å². The van der Waals surface area contributed by atoms with Crippen molar-refractivity contribution in [2.24, 2.45) is 4.99 Å². The third-order valence-corrected chi connectivity index (χ3v) is 2.37. The Morgan fingerprint density at radius 3 is 2.25 bits per heavy atom. The topological polar surface area (TPSA) is 41.0 Å². The van der Waals surface area contributed by atoms with Crippen LogP contribution in [0.2, 0.25) is 0 Å². The fourth-order valence-corrected chi connectivity index (χ4v) is 1.75. The fourth-order valence-electron chi connectivity index (χ4n) is 1.75. The van der Waals surface area contributed by atoms with Gasteiger partial charge in [0.15, 0.2) is 5.96 Å². The highest BCUT2D eigenvalue weighted by molar-refractivity contribution is 5.79. The van der Waals surface area contributed by atoms with E-state index in [1.54, 1.807) is 0 Å². The van der Waals surface area contributed by atoms with Gasteiger partial charge < -0.3 is 14.5 Å². The van der Waals surface area contributed by atoms with Crippen LogP contribution in [0.3, 0.4) is 0 Å². The first-order valence-corrected chi connectivity index (χ1v) is 6.73. The number of rotatable bonds is 3. The van der Waals surface area contributed by atoms with Crippen molar-refractivity contribution in [1.82, 2.24) is 14.8 Å². The molecule has 0 aliphatic heterocycles. The quantitative estimate of drug-likeness (QED) is 0.628. The van der Waals surface area contributed by atoms with Gasteiger partial charge in [-0.3, -0.25) is 0 Å². The lowest BCUT2D eigenvalue weighted by atomic mass is 10.2. The highest BCUT2D eigenvalue weighted by atomic mass is 16.5. The molecule has 5 heteroatoms. The zero-order valence-corrected chi connectivity index (χ0v) is 13.6. The van der Waals surface area contributed by atoms with Crippen molar-refractivity contribution >= 4 is 5.96 Å². The van der Waals surface area contributed by atoms with E-state index in [9.17, 15) is 0 Å². The van der Waals surface area contributed by atoms with Crippen LogP contribution in [0, 0.1) is 0 Å². The summed E-state index contributed by atoms with van der Waals surface area (Å²) in [7, 11) is 7.91. The van der Waals surface area contributed by atoms with Crippen LogP contribution in [0.15, 0.2) is 23.2 Å². The molecule has 0 saturated heterocycles. The summed E-state index contributed by atoms with van der Waals surface area (Å²) >= 11 is 0.